The second-order valence-electron chi connectivity index (χ2n) is 7.46. The van der Waals surface area contributed by atoms with Gasteiger partial charge in [-0.3, -0.25) is 4.90 Å². The van der Waals surface area contributed by atoms with Crippen molar-refractivity contribution in [3.05, 3.63) is 72.1 Å². The van der Waals surface area contributed by atoms with E-state index < -0.39 is 0 Å². The molecule has 2 aromatic carbocycles. The Bertz CT molecular complexity index is 1140. The van der Waals surface area contributed by atoms with E-state index in [1.165, 1.54) is 0 Å². The molecule has 0 radical (unpaired) electrons. The number of fused-ring (bicyclic) bond motifs is 1. The van der Waals surface area contributed by atoms with Gasteiger partial charge in [0.1, 0.15) is 24.5 Å². The van der Waals surface area contributed by atoms with Crippen LogP contribution >= 0.6 is 11.6 Å². The smallest absolute Gasteiger partial charge is 0.168 e. The van der Waals surface area contributed by atoms with Gasteiger partial charge in [0.2, 0.25) is 0 Å². The number of piperazine rings is 1. The van der Waals surface area contributed by atoms with Crippen molar-refractivity contribution >= 4 is 28.5 Å². The summed E-state index contributed by atoms with van der Waals surface area (Å²) in [6.45, 7) is 5.28. The lowest BCUT2D eigenvalue weighted by atomic mass is 10.2. The fourth-order valence-corrected chi connectivity index (χ4v) is 3.97. The molecule has 2 aromatic heterocycles. The third kappa shape index (κ3) is 4.33. The summed E-state index contributed by atoms with van der Waals surface area (Å²) in [6, 6.07) is 17.5. The van der Waals surface area contributed by atoms with Crippen LogP contribution in [-0.2, 0) is 0 Å². The van der Waals surface area contributed by atoms with Crippen molar-refractivity contribution in [2.45, 2.75) is 0 Å². The number of hydrogen-bond donors (Lipinski definition) is 0. The molecule has 0 bridgehead atoms. The fourth-order valence-electron chi connectivity index (χ4n) is 3.85. The quantitative estimate of drug-likeness (QED) is 0.461. The monoisotopic (exact) mass is 434 g/mol. The minimum absolute atomic E-state index is 0.656. The average Bonchev–Trinajstić information content (AvgIpc) is 3.26. The zero-order valence-corrected chi connectivity index (χ0v) is 17.8. The maximum absolute atomic E-state index is 5.92. The lowest BCUT2D eigenvalue weighted by Crippen LogP contribution is -2.47. The Kier molecular flexibility index (Phi) is 5.69. The SMILES string of the molecule is Clc1ccc(OCCN2CCN(c3ncnc4c3cnn4-c3ccccc3)CC2)cc1. The molecule has 7 nitrogen and oxygen atoms in total. The lowest BCUT2D eigenvalue weighted by molar-refractivity contribution is 0.200. The van der Waals surface area contributed by atoms with Gasteiger partial charge >= 0.3 is 0 Å². The molecule has 158 valence electrons. The minimum atomic E-state index is 0.656. The Morgan fingerprint density at radius 3 is 2.45 bits per heavy atom. The van der Waals surface area contributed by atoms with E-state index in [-0.39, 0.29) is 0 Å². The highest BCUT2D eigenvalue weighted by Crippen LogP contribution is 2.25. The largest absolute Gasteiger partial charge is 0.492 e. The van der Waals surface area contributed by atoms with Crippen molar-refractivity contribution in [2.24, 2.45) is 0 Å². The second kappa shape index (κ2) is 8.91. The first-order chi connectivity index (χ1) is 15.3. The van der Waals surface area contributed by atoms with Gasteiger partial charge in [0.25, 0.3) is 0 Å². The van der Waals surface area contributed by atoms with Gasteiger partial charge in [-0.25, -0.2) is 14.6 Å². The van der Waals surface area contributed by atoms with Gasteiger partial charge in [0.15, 0.2) is 5.65 Å². The molecule has 3 heterocycles. The number of rotatable bonds is 6. The molecule has 0 aliphatic carbocycles. The molecule has 4 aromatic rings. The predicted molar refractivity (Wildman–Crippen MR) is 122 cm³/mol. The van der Waals surface area contributed by atoms with E-state index >= 15 is 0 Å². The van der Waals surface area contributed by atoms with E-state index in [4.69, 9.17) is 16.3 Å². The summed E-state index contributed by atoms with van der Waals surface area (Å²) in [4.78, 5) is 13.8. The van der Waals surface area contributed by atoms with Gasteiger partial charge in [0.05, 0.1) is 17.3 Å². The number of anilines is 1. The maximum Gasteiger partial charge on any atom is 0.168 e. The zero-order chi connectivity index (χ0) is 21.0. The number of ether oxygens (including phenoxy) is 1. The van der Waals surface area contributed by atoms with Crippen molar-refractivity contribution < 1.29 is 4.74 Å². The van der Waals surface area contributed by atoms with Crippen molar-refractivity contribution in [1.29, 1.82) is 0 Å². The van der Waals surface area contributed by atoms with Gasteiger partial charge in [-0.15, -0.1) is 0 Å². The van der Waals surface area contributed by atoms with Gasteiger partial charge in [-0.1, -0.05) is 29.8 Å². The zero-order valence-electron chi connectivity index (χ0n) is 17.1. The molecule has 31 heavy (non-hydrogen) atoms. The highest BCUT2D eigenvalue weighted by molar-refractivity contribution is 6.30. The Balaban J connectivity index is 1.21. The van der Waals surface area contributed by atoms with Crippen molar-refractivity contribution in [3.63, 3.8) is 0 Å². The molecule has 0 unspecified atom stereocenters. The van der Waals surface area contributed by atoms with E-state index in [0.29, 0.717) is 6.61 Å². The van der Waals surface area contributed by atoms with E-state index in [9.17, 15) is 0 Å². The normalized spacial score (nSPS) is 14.8. The first-order valence-corrected chi connectivity index (χ1v) is 10.8. The summed E-state index contributed by atoms with van der Waals surface area (Å²) in [6.07, 6.45) is 3.50. The third-order valence-corrected chi connectivity index (χ3v) is 5.76. The topological polar surface area (TPSA) is 59.3 Å². The van der Waals surface area contributed by atoms with Gasteiger partial charge in [0, 0.05) is 37.7 Å². The molecule has 0 spiro atoms. The Labute approximate surface area is 185 Å². The molecule has 8 heteroatoms. The predicted octanol–water partition coefficient (Wildman–Crippen LogP) is 3.67. The molecule has 0 saturated carbocycles. The van der Waals surface area contributed by atoms with Crippen molar-refractivity contribution in [2.75, 3.05) is 44.2 Å². The number of benzene rings is 2. The van der Waals surface area contributed by atoms with Gasteiger partial charge in [-0.2, -0.15) is 5.10 Å². The molecular formula is C23H23ClN6O. The third-order valence-electron chi connectivity index (χ3n) is 5.51. The van der Waals surface area contributed by atoms with Crippen LogP contribution in [0.1, 0.15) is 0 Å². The summed E-state index contributed by atoms with van der Waals surface area (Å²) in [7, 11) is 0. The summed E-state index contributed by atoms with van der Waals surface area (Å²) in [5, 5.41) is 6.26. The summed E-state index contributed by atoms with van der Waals surface area (Å²) < 4.78 is 7.70. The van der Waals surface area contributed by atoms with Crippen LogP contribution in [0.25, 0.3) is 16.7 Å². The number of aromatic nitrogens is 4. The lowest BCUT2D eigenvalue weighted by Gasteiger charge is -2.35. The highest BCUT2D eigenvalue weighted by atomic mass is 35.5. The number of nitrogens with zero attached hydrogens (tertiary/aromatic N) is 6. The summed E-state index contributed by atoms with van der Waals surface area (Å²) in [5.41, 5.74) is 1.82. The molecule has 0 N–H and O–H groups in total. The standard InChI is InChI=1S/C23H23ClN6O/c24-18-6-8-20(9-7-18)31-15-14-28-10-12-29(13-11-28)22-21-16-27-30(23(21)26-17-25-22)19-4-2-1-3-5-19/h1-9,16-17H,10-15H2. The number of para-hydroxylation sites is 1. The Morgan fingerprint density at radius 2 is 1.68 bits per heavy atom. The first-order valence-electron chi connectivity index (χ1n) is 10.4. The molecule has 1 aliphatic rings. The van der Waals surface area contributed by atoms with Crippen LogP contribution in [0.5, 0.6) is 5.75 Å². The highest BCUT2D eigenvalue weighted by Gasteiger charge is 2.21. The molecule has 5 rings (SSSR count). The number of hydrogen-bond acceptors (Lipinski definition) is 6. The van der Waals surface area contributed by atoms with E-state index in [1.807, 2.05) is 65.5 Å². The Morgan fingerprint density at radius 1 is 0.903 bits per heavy atom. The van der Waals surface area contributed by atoms with E-state index in [0.717, 1.165) is 66.0 Å². The maximum atomic E-state index is 5.92. The van der Waals surface area contributed by atoms with Crippen LogP contribution in [0.2, 0.25) is 5.02 Å². The summed E-state index contributed by atoms with van der Waals surface area (Å²) in [5.74, 6) is 1.80. The molecular weight excluding hydrogens is 412 g/mol. The average molecular weight is 435 g/mol. The van der Waals surface area contributed by atoms with Crippen molar-refractivity contribution in [1.82, 2.24) is 24.6 Å². The van der Waals surface area contributed by atoms with Crippen LogP contribution in [0.15, 0.2) is 67.1 Å². The van der Waals surface area contributed by atoms with Crippen LogP contribution in [0, 0.1) is 0 Å². The number of halogens is 1. The molecule has 0 atom stereocenters. The van der Waals surface area contributed by atoms with Crippen LogP contribution < -0.4 is 9.64 Å². The van der Waals surface area contributed by atoms with E-state index in [2.05, 4.69) is 24.9 Å². The van der Waals surface area contributed by atoms with E-state index in [1.54, 1.807) is 6.33 Å². The molecule has 0 amide bonds. The first kappa shape index (κ1) is 19.8. The van der Waals surface area contributed by atoms with Gasteiger partial charge < -0.3 is 9.64 Å². The van der Waals surface area contributed by atoms with Crippen LogP contribution in [0.4, 0.5) is 5.82 Å². The molecule has 1 saturated heterocycles. The van der Waals surface area contributed by atoms with Gasteiger partial charge in [-0.05, 0) is 36.4 Å². The summed E-state index contributed by atoms with van der Waals surface area (Å²) >= 11 is 5.92. The molecule has 1 aliphatic heterocycles. The van der Waals surface area contributed by atoms with Crippen molar-refractivity contribution in [3.8, 4) is 11.4 Å². The Hall–Kier alpha value is -3.16. The minimum Gasteiger partial charge on any atom is -0.492 e. The fraction of sp³-hybridized carbons (Fsp3) is 0.261. The second-order valence-corrected chi connectivity index (χ2v) is 7.89. The molecule has 1 fully saturated rings. The van der Waals surface area contributed by atoms with Crippen LogP contribution in [0.3, 0.4) is 0 Å². The van der Waals surface area contributed by atoms with Crippen LogP contribution in [-0.4, -0.2) is 64.0 Å².